The normalized spacial score (nSPS) is 31.8. The van der Waals surface area contributed by atoms with Crippen molar-refractivity contribution in [1.82, 2.24) is 15.6 Å². The number of aromatic nitrogens is 1. The van der Waals surface area contributed by atoms with Crippen LogP contribution >= 0.6 is 11.3 Å². The van der Waals surface area contributed by atoms with Gasteiger partial charge in [0.1, 0.15) is 0 Å². The lowest BCUT2D eigenvalue weighted by Gasteiger charge is -2.33. The fourth-order valence-electron chi connectivity index (χ4n) is 3.64. The maximum atomic E-state index is 4.95. The smallest absolute Gasteiger partial charge is 0.0975 e. The zero-order valence-corrected chi connectivity index (χ0v) is 12.3. The van der Waals surface area contributed by atoms with Gasteiger partial charge in [-0.15, -0.1) is 11.3 Å². The van der Waals surface area contributed by atoms with E-state index in [1.165, 1.54) is 49.2 Å². The first-order valence-electron chi connectivity index (χ1n) is 7.83. The molecule has 2 N–H and O–H groups in total. The van der Waals surface area contributed by atoms with Crippen molar-refractivity contribution >= 4 is 11.3 Å². The Labute approximate surface area is 119 Å². The fourth-order valence-corrected chi connectivity index (χ4v) is 4.87. The summed E-state index contributed by atoms with van der Waals surface area (Å²) >= 11 is 1.99. The summed E-state index contributed by atoms with van der Waals surface area (Å²) < 4.78 is 0. The van der Waals surface area contributed by atoms with Gasteiger partial charge in [0.25, 0.3) is 0 Å². The molecule has 1 aromatic heterocycles. The first-order valence-corrected chi connectivity index (χ1v) is 8.64. The van der Waals surface area contributed by atoms with E-state index in [1.54, 1.807) is 4.88 Å². The van der Waals surface area contributed by atoms with E-state index in [0.717, 1.165) is 31.6 Å². The van der Waals surface area contributed by atoms with Gasteiger partial charge in [-0.1, -0.05) is 6.42 Å². The molecule has 104 valence electrons. The van der Waals surface area contributed by atoms with Gasteiger partial charge < -0.3 is 10.6 Å². The molecule has 1 saturated heterocycles. The first-order chi connectivity index (χ1) is 9.40. The average molecular weight is 277 g/mol. The van der Waals surface area contributed by atoms with Crippen LogP contribution in [0.4, 0.5) is 0 Å². The average Bonchev–Trinajstić information content (AvgIpc) is 2.96. The lowest BCUT2D eigenvalue weighted by molar-refractivity contribution is 0.221. The number of rotatable bonds is 2. The molecule has 0 radical (unpaired) electrons. The van der Waals surface area contributed by atoms with Gasteiger partial charge in [-0.25, -0.2) is 4.98 Å². The number of nitrogens with one attached hydrogen (secondary N) is 2. The number of hydrogen-bond acceptors (Lipinski definition) is 4. The minimum absolute atomic E-state index is 0.680. The molecule has 1 aliphatic carbocycles. The van der Waals surface area contributed by atoms with Crippen LogP contribution in [-0.2, 0) is 13.0 Å². The SMILES string of the molecule is C1CC(C2CCc3sc(C4CCNC4)nc3CN2)C1. The zero-order chi connectivity index (χ0) is 12.7. The number of thiazole rings is 1. The molecule has 0 spiro atoms. The summed E-state index contributed by atoms with van der Waals surface area (Å²) in [4.78, 5) is 6.51. The van der Waals surface area contributed by atoms with Gasteiger partial charge in [0.15, 0.2) is 0 Å². The lowest BCUT2D eigenvalue weighted by atomic mass is 9.78. The van der Waals surface area contributed by atoms with Crippen LogP contribution in [0.2, 0.25) is 0 Å². The van der Waals surface area contributed by atoms with Gasteiger partial charge in [0.05, 0.1) is 10.7 Å². The summed E-state index contributed by atoms with van der Waals surface area (Å²) in [5, 5.41) is 8.61. The van der Waals surface area contributed by atoms with Gasteiger partial charge in [-0.3, -0.25) is 0 Å². The highest BCUT2D eigenvalue weighted by molar-refractivity contribution is 7.11. The molecule has 2 fully saturated rings. The topological polar surface area (TPSA) is 37.0 Å². The van der Waals surface area contributed by atoms with Gasteiger partial charge in [0.2, 0.25) is 0 Å². The summed E-state index contributed by atoms with van der Waals surface area (Å²) in [7, 11) is 0. The van der Waals surface area contributed by atoms with Crippen molar-refractivity contribution in [1.29, 1.82) is 0 Å². The fraction of sp³-hybridized carbons (Fsp3) is 0.800. The number of aryl methyl sites for hydroxylation is 1. The predicted octanol–water partition coefficient (Wildman–Crippen LogP) is 2.42. The van der Waals surface area contributed by atoms with Crippen LogP contribution in [0.3, 0.4) is 0 Å². The Balaban J connectivity index is 1.47. The van der Waals surface area contributed by atoms with E-state index < -0.39 is 0 Å². The molecule has 2 unspecified atom stereocenters. The highest BCUT2D eigenvalue weighted by Gasteiger charge is 2.30. The van der Waals surface area contributed by atoms with Crippen LogP contribution in [0.25, 0.3) is 0 Å². The summed E-state index contributed by atoms with van der Waals surface area (Å²) in [6.45, 7) is 3.30. The van der Waals surface area contributed by atoms with E-state index in [2.05, 4.69) is 10.6 Å². The summed E-state index contributed by atoms with van der Waals surface area (Å²) in [5.74, 6) is 1.63. The van der Waals surface area contributed by atoms with Gasteiger partial charge in [-0.2, -0.15) is 0 Å². The second-order valence-corrected chi connectivity index (χ2v) is 7.44. The predicted molar refractivity (Wildman–Crippen MR) is 78.6 cm³/mol. The molecule has 3 aliphatic rings. The molecule has 19 heavy (non-hydrogen) atoms. The molecule has 0 amide bonds. The second-order valence-electron chi connectivity index (χ2n) is 6.33. The molecule has 0 aromatic carbocycles. The largest absolute Gasteiger partial charge is 0.316 e. The van der Waals surface area contributed by atoms with Crippen LogP contribution in [0.1, 0.15) is 53.6 Å². The van der Waals surface area contributed by atoms with Crippen LogP contribution in [0, 0.1) is 5.92 Å². The Morgan fingerprint density at radius 3 is 2.84 bits per heavy atom. The molecule has 4 heteroatoms. The third kappa shape index (κ3) is 2.34. The lowest BCUT2D eigenvalue weighted by Crippen LogP contribution is -2.38. The van der Waals surface area contributed by atoms with Crippen molar-refractivity contribution < 1.29 is 0 Å². The first kappa shape index (κ1) is 12.3. The molecule has 4 rings (SSSR count). The van der Waals surface area contributed by atoms with E-state index in [1.807, 2.05) is 11.3 Å². The minimum Gasteiger partial charge on any atom is -0.316 e. The Kier molecular flexibility index (Phi) is 3.34. The maximum absolute atomic E-state index is 4.95. The van der Waals surface area contributed by atoms with E-state index in [4.69, 9.17) is 4.98 Å². The minimum atomic E-state index is 0.680. The van der Waals surface area contributed by atoms with Gasteiger partial charge in [-0.05, 0) is 44.6 Å². The molecule has 1 aromatic rings. The van der Waals surface area contributed by atoms with E-state index in [0.29, 0.717) is 5.92 Å². The molecular weight excluding hydrogens is 254 g/mol. The highest BCUT2D eigenvalue weighted by Crippen LogP contribution is 2.35. The molecule has 3 nitrogen and oxygen atoms in total. The van der Waals surface area contributed by atoms with Gasteiger partial charge >= 0.3 is 0 Å². The van der Waals surface area contributed by atoms with E-state index in [9.17, 15) is 0 Å². The van der Waals surface area contributed by atoms with Crippen LogP contribution < -0.4 is 10.6 Å². The Bertz CT molecular complexity index is 421. The van der Waals surface area contributed by atoms with Crippen molar-refractivity contribution in [2.24, 2.45) is 5.92 Å². The van der Waals surface area contributed by atoms with Crippen molar-refractivity contribution in [3.8, 4) is 0 Å². The van der Waals surface area contributed by atoms with Crippen LogP contribution in [-0.4, -0.2) is 24.1 Å². The molecular formula is C15H23N3S. The Morgan fingerprint density at radius 2 is 2.11 bits per heavy atom. The van der Waals surface area contributed by atoms with Crippen LogP contribution in [0.15, 0.2) is 0 Å². The quantitative estimate of drug-likeness (QED) is 0.872. The Hall–Kier alpha value is -0.450. The van der Waals surface area contributed by atoms with Gasteiger partial charge in [0, 0.05) is 29.9 Å². The monoisotopic (exact) mass is 277 g/mol. The number of hydrogen-bond donors (Lipinski definition) is 2. The Morgan fingerprint density at radius 1 is 1.16 bits per heavy atom. The van der Waals surface area contributed by atoms with Crippen molar-refractivity contribution in [3.63, 3.8) is 0 Å². The highest BCUT2D eigenvalue weighted by atomic mass is 32.1. The van der Waals surface area contributed by atoms with Crippen molar-refractivity contribution in [3.05, 3.63) is 15.6 Å². The molecule has 0 bridgehead atoms. The molecule has 3 heterocycles. The second kappa shape index (κ2) is 5.15. The third-order valence-corrected chi connectivity index (χ3v) is 6.46. The molecule has 1 saturated carbocycles. The molecule has 2 aliphatic heterocycles. The summed E-state index contributed by atoms with van der Waals surface area (Å²) in [5.41, 5.74) is 1.36. The summed E-state index contributed by atoms with van der Waals surface area (Å²) in [6.07, 6.45) is 8.17. The number of nitrogens with zero attached hydrogens (tertiary/aromatic N) is 1. The van der Waals surface area contributed by atoms with Crippen molar-refractivity contribution in [2.45, 2.75) is 57.0 Å². The van der Waals surface area contributed by atoms with E-state index >= 15 is 0 Å². The number of fused-ring (bicyclic) bond motifs is 1. The third-order valence-electron chi connectivity index (χ3n) is 5.14. The standard InChI is InChI=1S/C15H23N3S/c1-2-10(3-1)12-4-5-14-13(9-17-12)18-15(19-14)11-6-7-16-8-11/h10-12,16-17H,1-9H2. The van der Waals surface area contributed by atoms with Crippen molar-refractivity contribution in [2.75, 3.05) is 13.1 Å². The molecule has 2 atom stereocenters. The van der Waals surface area contributed by atoms with Crippen LogP contribution in [0.5, 0.6) is 0 Å². The summed E-state index contributed by atoms with van der Waals surface area (Å²) in [6, 6.07) is 0.756. The van der Waals surface area contributed by atoms with E-state index in [-0.39, 0.29) is 0 Å². The zero-order valence-electron chi connectivity index (χ0n) is 11.5. The maximum Gasteiger partial charge on any atom is 0.0975 e.